The fourth-order valence-electron chi connectivity index (χ4n) is 2.01. The lowest BCUT2D eigenvalue weighted by Gasteiger charge is -2.13. The standard InChI is InChI=1S/C16H17Cl2NO2/c1-20-14-8-5-12(15(18)16(14)21-2)10-19-9-11-3-6-13(17)7-4-11/h3-8,19H,9-10H2,1-2H3. The summed E-state index contributed by atoms with van der Waals surface area (Å²) in [6.45, 7) is 1.38. The van der Waals surface area contributed by atoms with Crippen molar-refractivity contribution in [3.05, 3.63) is 57.6 Å². The summed E-state index contributed by atoms with van der Waals surface area (Å²) in [6.07, 6.45) is 0. The molecule has 0 aliphatic rings. The summed E-state index contributed by atoms with van der Waals surface area (Å²) in [6, 6.07) is 11.5. The predicted octanol–water partition coefficient (Wildman–Crippen LogP) is 4.30. The van der Waals surface area contributed by atoms with Gasteiger partial charge in [0.15, 0.2) is 11.5 Å². The van der Waals surface area contributed by atoms with Crippen molar-refractivity contribution in [3.63, 3.8) is 0 Å². The average molecular weight is 326 g/mol. The molecular formula is C16H17Cl2NO2. The Hall–Kier alpha value is -1.42. The molecule has 0 aliphatic carbocycles. The van der Waals surface area contributed by atoms with Gasteiger partial charge in [-0.05, 0) is 29.3 Å². The van der Waals surface area contributed by atoms with E-state index in [0.717, 1.165) is 22.7 Å². The lowest BCUT2D eigenvalue weighted by atomic mass is 10.2. The second kappa shape index (κ2) is 7.55. The maximum Gasteiger partial charge on any atom is 0.179 e. The Balaban J connectivity index is 2.01. The number of ether oxygens (including phenoxy) is 2. The van der Waals surface area contributed by atoms with Gasteiger partial charge in [0, 0.05) is 18.1 Å². The van der Waals surface area contributed by atoms with Crippen LogP contribution in [0.25, 0.3) is 0 Å². The number of methoxy groups -OCH3 is 2. The normalized spacial score (nSPS) is 10.5. The highest BCUT2D eigenvalue weighted by Gasteiger charge is 2.12. The second-order valence-electron chi connectivity index (χ2n) is 4.50. The van der Waals surface area contributed by atoms with Gasteiger partial charge in [-0.3, -0.25) is 0 Å². The zero-order valence-corrected chi connectivity index (χ0v) is 13.5. The summed E-state index contributed by atoms with van der Waals surface area (Å²) in [4.78, 5) is 0. The Morgan fingerprint density at radius 3 is 2.24 bits per heavy atom. The van der Waals surface area contributed by atoms with Gasteiger partial charge < -0.3 is 14.8 Å². The molecule has 0 atom stereocenters. The van der Waals surface area contributed by atoms with E-state index in [1.165, 1.54) is 0 Å². The molecule has 5 heteroatoms. The number of nitrogens with one attached hydrogen (secondary N) is 1. The minimum atomic E-state index is 0.560. The Bertz CT molecular complexity index is 600. The van der Waals surface area contributed by atoms with Gasteiger partial charge >= 0.3 is 0 Å². The largest absolute Gasteiger partial charge is 0.493 e. The van der Waals surface area contributed by atoms with Gasteiger partial charge in [-0.25, -0.2) is 0 Å². The van der Waals surface area contributed by atoms with E-state index in [4.69, 9.17) is 32.7 Å². The number of benzene rings is 2. The van der Waals surface area contributed by atoms with E-state index in [1.54, 1.807) is 14.2 Å². The molecule has 21 heavy (non-hydrogen) atoms. The third-order valence-corrected chi connectivity index (χ3v) is 3.79. The van der Waals surface area contributed by atoms with Crippen LogP contribution in [0.3, 0.4) is 0 Å². The van der Waals surface area contributed by atoms with Gasteiger partial charge in [0.1, 0.15) is 0 Å². The van der Waals surface area contributed by atoms with E-state index >= 15 is 0 Å². The molecule has 0 fully saturated rings. The van der Waals surface area contributed by atoms with Crippen molar-refractivity contribution < 1.29 is 9.47 Å². The number of halogens is 2. The highest BCUT2D eigenvalue weighted by molar-refractivity contribution is 6.33. The molecule has 0 unspecified atom stereocenters. The number of hydrogen-bond donors (Lipinski definition) is 1. The van der Waals surface area contributed by atoms with Crippen LogP contribution < -0.4 is 14.8 Å². The number of rotatable bonds is 6. The maximum absolute atomic E-state index is 6.33. The Morgan fingerprint density at radius 1 is 0.905 bits per heavy atom. The van der Waals surface area contributed by atoms with Crippen LogP contribution in [0.2, 0.25) is 10.0 Å². The molecule has 0 saturated carbocycles. The van der Waals surface area contributed by atoms with E-state index in [0.29, 0.717) is 23.1 Å². The van der Waals surface area contributed by atoms with Gasteiger partial charge in [0.25, 0.3) is 0 Å². The molecule has 2 rings (SSSR count). The molecule has 3 nitrogen and oxygen atoms in total. The molecule has 2 aromatic carbocycles. The molecule has 0 radical (unpaired) electrons. The second-order valence-corrected chi connectivity index (χ2v) is 5.32. The van der Waals surface area contributed by atoms with Gasteiger partial charge in [-0.1, -0.05) is 41.4 Å². The summed E-state index contributed by atoms with van der Waals surface area (Å²) in [5.74, 6) is 1.19. The monoisotopic (exact) mass is 325 g/mol. The topological polar surface area (TPSA) is 30.5 Å². The zero-order chi connectivity index (χ0) is 15.2. The third kappa shape index (κ3) is 4.03. The lowest BCUT2D eigenvalue weighted by Crippen LogP contribution is -2.13. The lowest BCUT2D eigenvalue weighted by molar-refractivity contribution is 0.354. The predicted molar refractivity (Wildman–Crippen MR) is 86.6 cm³/mol. The van der Waals surface area contributed by atoms with E-state index in [9.17, 15) is 0 Å². The minimum absolute atomic E-state index is 0.560. The SMILES string of the molecule is COc1ccc(CNCc2ccc(Cl)cc2)c(Cl)c1OC. The molecular weight excluding hydrogens is 309 g/mol. The third-order valence-electron chi connectivity index (χ3n) is 3.12. The molecule has 0 aliphatic heterocycles. The van der Waals surface area contributed by atoms with Crippen LogP contribution >= 0.6 is 23.2 Å². The van der Waals surface area contributed by atoms with Crippen LogP contribution in [0.1, 0.15) is 11.1 Å². The summed E-state index contributed by atoms with van der Waals surface area (Å²) in [5.41, 5.74) is 2.12. The van der Waals surface area contributed by atoms with Crippen LogP contribution in [0.5, 0.6) is 11.5 Å². The van der Waals surface area contributed by atoms with Gasteiger partial charge in [-0.2, -0.15) is 0 Å². The maximum atomic E-state index is 6.33. The first-order chi connectivity index (χ1) is 10.2. The Morgan fingerprint density at radius 2 is 1.62 bits per heavy atom. The van der Waals surface area contributed by atoms with Crippen LogP contribution in [-0.2, 0) is 13.1 Å². The van der Waals surface area contributed by atoms with E-state index < -0.39 is 0 Å². The first-order valence-electron chi connectivity index (χ1n) is 6.50. The average Bonchev–Trinajstić information content (AvgIpc) is 2.50. The molecule has 1 N–H and O–H groups in total. The zero-order valence-electron chi connectivity index (χ0n) is 12.0. The van der Waals surface area contributed by atoms with E-state index in [-0.39, 0.29) is 0 Å². The molecule has 0 aromatic heterocycles. The van der Waals surface area contributed by atoms with E-state index in [1.807, 2.05) is 36.4 Å². The van der Waals surface area contributed by atoms with Crippen molar-refractivity contribution in [3.8, 4) is 11.5 Å². The van der Waals surface area contributed by atoms with Crippen molar-refractivity contribution in [2.45, 2.75) is 13.1 Å². The quantitative estimate of drug-likeness (QED) is 0.858. The van der Waals surface area contributed by atoms with Crippen molar-refractivity contribution in [1.29, 1.82) is 0 Å². The molecule has 0 saturated heterocycles. The minimum Gasteiger partial charge on any atom is -0.493 e. The molecule has 112 valence electrons. The Labute approximate surface area is 134 Å². The van der Waals surface area contributed by atoms with Crippen molar-refractivity contribution >= 4 is 23.2 Å². The first-order valence-corrected chi connectivity index (χ1v) is 7.25. The number of hydrogen-bond acceptors (Lipinski definition) is 3. The van der Waals surface area contributed by atoms with Crippen molar-refractivity contribution in [1.82, 2.24) is 5.32 Å². The van der Waals surface area contributed by atoms with Crippen LogP contribution in [-0.4, -0.2) is 14.2 Å². The molecule has 0 heterocycles. The first kappa shape index (κ1) is 16.0. The van der Waals surface area contributed by atoms with Crippen molar-refractivity contribution in [2.75, 3.05) is 14.2 Å². The van der Waals surface area contributed by atoms with E-state index in [2.05, 4.69) is 5.32 Å². The Kier molecular flexibility index (Phi) is 5.74. The van der Waals surface area contributed by atoms with Gasteiger partial charge in [0.05, 0.1) is 19.2 Å². The van der Waals surface area contributed by atoms with Crippen LogP contribution in [0.15, 0.2) is 36.4 Å². The highest BCUT2D eigenvalue weighted by Crippen LogP contribution is 2.37. The summed E-state index contributed by atoms with van der Waals surface area (Å²) < 4.78 is 10.5. The smallest absolute Gasteiger partial charge is 0.179 e. The van der Waals surface area contributed by atoms with Crippen molar-refractivity contribution in [2.24, 2.45) is 0 Å². The van der Waals surface area contributed by atoms with Gasteiger partial charge in [-0.15, -0.1) is 0 Å². The molecule has 2 aromatic rings. The highest BCUT2D eigenvalue weighted by atomic mass is 35.5. The fraction of sp³-hybridized carbons (Fsp3) is 0.250. The summed E-state index contributed by atoms with van der Waals surface area (Å²) >= 11 is 12.2. The molecule has 0 spiro atoms. The summed E-state index contributed by atoms with van der Waals surface area (Å²) in [7, 11) is 3.17. The van der Waals surface area contributed by atoms with Gasteiger partial charge in [0.2, 0.25) is 0 Å². The van der Waals surface area contributed by atoms with Crippen LogP contribution in [0, 0.1) is 0 Å². The van der Waals surface area contributed by atoms with Crippen LogP contribution in [0.4, 0.5) is 0 Å². The molecule has 0 bridgehead atoms. The summed E-state index contributed by atoms with van der Waals surface area (Å²) in [5, 5.41) is 4.65. The fourth-order valence-corrected chi connectivity index (χ4v) is 2.44. The molecule has 0 amide bonds.